The van der Waals surface area contributed by atoms with E-state index in [-0.39, 0.29) is 5.75 Å². The highest BCUT2D eigenvalue weighted by molar-refractivity contribution is 7.97. The Morgan fingerprint density at radius 2 is 1.79 bits per heavy atom. The van der Waals surface area contributed by atoms with Crippen LogP contribution in [0.5, 0.6) is 5.75 Å². The van der Waals surface area contributed by atoms with E-state index in [9.17, 15) is 4.39 Å². The number of aromatic nitrogens is 2. The number of nitrogens with zero attached hydrogens (tertiary/aromatic N) is 4. The first-order chi connectivity index (χ1) is 16.0. The van der Waals surface area contributed by atoms with Gasteiger partial charge in [-0.1, -0.05) is 0 Å². The SMILES string of the molecule is COc1cc(Nc2ccnc(Nc3ccc(SN(C)C4CCN(C)CC4)cc3)n2)ccc1F. The number of ether oxygens (including phenoxy) is 1. The average molecular weight is 469 g/mol. The summed E-state index contributed by atoms with van der Waals surface area (Å²) in [6.07, 6.45) is 4.07. The van der Waals surface area contributed by atoms with E-state index >= 15 is 0 Å². The number of methoxy groups -OCH3 is 1. The lowest BCUT2D eigenvalue weighted by molar-refractivity contribution is 0.205. The van der Waals surface area contributed by atoms with E-state index in [1.54, 1.807) is 36.3 Å². The van der Waals surface area contributed by atoms with Gasteiger partial charge in [-0.25, -0.2) is 13.7 Å². The standard InChI is InChI=1S/C24H29FN6OS/c1-30-14-11-19(12-15-30)31(2)33-20-7-4-17(5-8-20)28-24-26-13-10-23(29-24)27-18-6-9-21(25)22(16-18)32-3/h4-10,13,16,19H,11-12,14-15H2,1-3H3,(H2,26,27,28,29). The van der Waals surface area contributed by atoms with Crippen LogP contribution in [-0.4, -0.2) is 59.5 Å². The second kappa shape index (κ2) is 10.8. The highest BCUT2D eigenvalue weighted by Gasteiger charge is 2.21. The van der Waals surface area contributed by atoms with Crippen molar-refractivity contribution in [2.24, 2.45) is 0 Å². The Labute approximate surface area is 198 Å². The van der Waals surface area contributed by atoms with Gasteiger partial charge in [0.25, 0.3) is 0 Å². The monoisotopic (exact) mass is 468 g/mol. The van der Waals surface area contributed by atoms with Gasteiger partial charge in [-0.2, -0.15) is 4.98 Å². The Morgan fingerprint density at radius 1 is 1.06 bits per heavy atom. The first-order valence-corrected chi connectivity index (χ1v) is 11.7. The molecule has 2 heterocycles. The zero-order valence-corrected chi connectivity index (χ0v) is 19.9. The quantitative estimate of drug-likeness (QED) is 0.441. The highest BCUT2D eigenvalue weighted by Crippen LogP contribution is 2.29. The van der Waals surface area contributed by atoms with Crippen molar-refractivity contribution in [1.29, 1.82) is 0 Å². The molecule has 0 radical (unpaired) electrons. The molecule has 7 nitrogen and oxygen atoms in total. The largest absolute Gasteiger partial charge is 0.494 e. The molecule has 1 aromatic heterocycles. The number of anilines is 4. The number of hydrogen-bond acceptors (Lipinski definition) is 8. The van der Waals surface area contributed by atoms with Crippen molar-refractivity contribution in [2.45, 2.75) is 23.8 Å². The molecule has 0 saturated carbocycles. The van der Waals surface area contributed by atoms with E-state index in [1.807, 2.05) is 12.1 Å². The molecule has 1 saturated heterocycles. The fraction of sp³-hybridized carbons (Fsp3) is 0.333. The summed E-state index contributed by atoms with van der Waals surface area (Å²) in [6, 6.07) is 15.2. The molecule has 0 aliphatic carbocycles. The van der Waals surface area contributed by atoms with E-state index in [4.69, 9.17) is 4.74 Å². The Balaban J connectivity index is 1.35. The molecule has 0 atom stereocenters. The van der Waals surface area contributed by atoms with E-state index in [0.717, 1.165) is 18.8 Å². The molecule has 33 heavy (non-hydrogen) atoms. The number of nitrogens with one attached hydrogen (secondary N) is 2. The van der Waals surface area contributed by atoms with Crippen LogP contribution in [0.3, 0.4) is 0 Å². The topological polar surface area (TPSA) is 65.6 Å². The highest BCUT2D eigenvalue weighted by atomic mass is 32.2. The summed E-state index contributed by atoms with van der Waals surface area (Å²) in [7, 11) is 5.80. The summed E-state index contributed by atoms with van der Waals surface area (Å²) in [5.41, 5.74) is 1.58. The third-order valence-electron chi connectivity index (χ3n) is 5.64. The first kappa shape index (κ1) is 23.3. The Morgan fingerprint density at radius 3 is 2.52 bits per heavy atom. The Bertz CT molecular complexity index is 1060. The number of likely N-dealkylation sites (tertiary alicyclic amines) is 1. The van der Waals surface area contributed by atoms with Crippen LogP contribution in [0, 0.1) is 5.82 Å². The van der Waals surface area contributed by atoms with E-state index in [1.165, 1.54) is 30.9 Å². The molecule has 2 N–H and O–H groups in total. The number of benzene rings is 2. The van der Waals surface area contributed by atoms with E-state index in [2.05, 4.69) is 56.0 Å². The Kier molecular flexibility index (Phi) is 7.64. The lowest BCUT2D eigenvalue weighted by atomic mass is 10.1. The van der Waals surface area contributed by atoms with Gasteiger partial charge < -0.3 is 20.3 Å². The molecule has 2 aromatic carbocycles. The number of hydrogen-bond donors (Lipinski definition) is 2. The van der Waals surface area contributed by atoms with Crippen molar-refractivity contribution in [3.05, 3.63) is 60.5 Å². The van der Waals surface area contributed by atoms with Crippen molar-refractivity contribution in [1.82, 2.24) is 19.2 Å². The van der Waals surface area contributed by atoms with Crippen LogP contribution < -0.4 is 15.4 Å². The van der Waals surface area contributed by atoms with Crippen molar-refractivity contribution in [3.63, 3.8) is 0 Å². The normalized spacial score (nSPS) is 14.9. The average Bonchev–Trinajstić information content (AvgIpc) is 2.82. The third kappa shape index (κ3) is 6.34. The van der Waals surface area contributed by atoms with Crippen LogP contribution in [-0.2, 0) is 0 Å². The zero-order valence-electron chi connectivity index (χ0n) is 19.1. The first-order valence-electron chi connectivity index (χ1n) is 10.9. The van der Waals surface area contributed by atoms with Crippen molar-refractivity contribution >= 4 is 35.1 Å². The molecular formula is C24H29FN6OS. The molecule has 1 aliphatic rings. The van der Waals surface area contributed by atoms with Gasteiger partial charge in [0.2, 0.25) is 5.95 Å². The van der Waals surface area contributed by atoms with Crippen LogP contribution in [0.2, 0.25) is 0 Å². The van der Waals surface area contributed by atoms with Gasteiger partial charge in [-0.15, -0.1) is 0 Å². The number of piperidine rings is 1. The second-order valence-electron chi connectivity index (χ2n) is 8.06. The maximum absolute atomic E-state index is 13.6. The lowest BCUT2D eigenvalue weighted by Crippen LogP contribution is -2.39. The number of rotatable bonds is 8. The molecule has 0 bridgehead atoms. The molecular weight excluding hydrogens is 439 g/mol. The van der Waals surface area contributed by atoms with Gasteiger partial charge in [0.05, 0.1) is 7.11 Å². The van der Waals surface area contributed by atoms with Crippen LogP contribution in [0.4, 0.5) is 27.5 Å². The van der Waals surface area contributed by atoms with Crippen molar-refractivity contribution < 1.29 is 9.13 Å². The molecule has 4 rings (SSSR count). The maximum atomic E-state index is 13.6. The van der Waals surface area contributed by atoms with Gasteiger partial charge in [-0.3, -0.25) is 0 Å². The predicted molar refractivity (Wildman–Crippen MR) is 132 cm³/mol. The maximum Gasteiger partial charge on any atom is 0.229 e. The molecule has 3 aromatic rings. The van der Waals surface area contributed by atoms with E-state index < -0.39 is 5.82 Å². The van der Waals surface area contributed by atoms with Crippen LogP contribution in [0.15, 0.2) is 59.6 Å². The molecule has 0 spiro atoms. The van der Waals surface area contributed by atoms with Crippen molar-refractivity contribution in [2.75, 3.05) is 44.9 Å². The smallest absolute Gasteiger partial charge is 0.229 e. The van der Waals surface area contributed by atoms with Gasteiger partial charge in [0.1, 0.15) is 5.82 Å². The molecule has 174 valence electrons. The third-order valence-corrected chi connectivity index (χ3v) is 6.71. The molecule has 0 unspecified atom stereocenters. The predicted octanol–water partition coefficient (Wildman–Crippen LogP) is 5.14. The summed E-state index contributed by atoms with van der Waals surface area (Å²) in [5, 5.41) is 6.38. The van der Waals surface area contributed by atoms with Crippen LogP contribution in [0.1, 0.15) is 12.8 Å². The Hall–Kier alpha value is -2.88. The lowest BCUT2D eigenvalue weighted by Gasteiger charge is -2.34. The van der Waals surface area contributed by atoms with Crippen molar-refractivity contribution in [3.8, 4) is 5.75 Å². The number of halogens is 1. The minimum absolute atomic E-state index is 0.173. The van der Waals surface area contributed by atoms with Crippen LogP contribution in [0.25, 0.3) is 0 Å². The summed E-state index contributed by atoms with van der Waals surface area (Å²) < 4.78 is 21.0. The molecule has 1 fully saturated rings. The van der Waals surface area contributed by atoms with Gasteiger partial charge >= 0.3 is 0 Å². The minimum atomic E-state index is -0.410. The fourth-order valence-electron chi connectivity index (χ4n) is 3.70. The molecule has 1 aliphatic heterocycles. The van der Waals surface area contributed by atoms with Gasteiger partial charge in [0.15, 0.2) is 11.6 Å². The van der Waals surface area contributed by atoms with E-state index in [0.29, 0.717) is 23.5 Å². The zero-order chi connectivity index (χ0) is 23.2. The summed E-state index contributed by atoms with van der Waals surface area (Å²) in [6.45, 7) is 2.31. The van der Waals surface area contributed by atoms with Gasteiger partial charge in [-0.05, 0) is 94.4 Å². The molecule has 0 amide bonds. The summed E-state index contributed by atoms with van der Waals surface area (Å²) in [5.74, 6) is 0.824. The second-order valence-corrected chi connectivity index (χ2v) is 9.29. The minimum Gasteiger partial charge on any atom is -0.494 e. The summed E-state index contributed by atoms with van der Waals surface area (Å²) in [4.78, 5) is 12.4. The molecule has 9 heteroatoms. The summed E-state index contributed by atoms with van der Waals surface area (Å²) >= 11 is 1.78. The van der Waals surface area contributed by atoms with Gasteiger partial charge in [0, 0.05) is 34.6 Å². The van der Waals surface area contributed by atoms with Crippen LogP contribution >= 0.6 is 11.9 Å². The fourth-order valence-corrected chi connectivity index (χ4v) is 4.65.